The highest BCUT2D eigenvalue weighted by Gasteiger charge is 1.98. The minimum absolute atomic E-state index is 0.540. The Labute approximate surface area is 114 Å². The Morgan fingerprint density at radius 1 is 0.895 bits per heavy atom. The maximum atomic E-state index is 5.46. The molecule has 0 amide bonds. The predicted octanol–water partition coefficient (Wildman–Crippen LogP) is 3.85. The Bertz CT molecular complexity index is 512. The van der Waals surface area contributed by atoms with E-state index in [1.54, 1.807) is 13.2 Å². The van der Waals surface area contributed by atoms with Crippen LogP contribution < -0.4 is 9.47 Å². The second kappa shape index (κ2) is 6.64. The molecule has 0 fully saturated rings. The molecular formula is C17H18O2. The fourth-order valence-corrected chi connectivity index (χ4v) is 1.84. The van der Waals surface area contributed by atoms with Crippen LogP contribution in [0, 0.1) is 0 Å². The van der Waals surface area contributed by atoms with E-state index in [0.29, 0.717) is 6.61 Å². The van der Waals surface area contributed by atoms with Gasteiger partial charge in [-0.25, -0.2) is 0 Å². The van der Waals surface area contributed by atoms with Crippen molar-refractivity contribution in [1.29, 1.82) is 0 Å². The second-order valence-corrected chi connectivity index (χ2v) is 4.27. The maximum Gasteiger partial charge on any atom is 0.119 e. The SMILES string of the molecule is C=CCOc1ccc(Cc2ccc(OC)cc2)cc1. The van der Waals surface area contributed by atoms with Gasteiger partial charge in [-0.1, -0.05) is 36.9 Å². The van der Waals surface area contributed by atoms with E-state index < -0.39 is 0 Å². The summed E-state index contributed by atoms with van der Waals surface area (Å²) in [5.74, 6) is 1.76. The van der Waals surface area contributed by atoms with Gasteiger partial charge in [-0.2, -0.15) is 0 Å². The highest BCUT2D eigenvalue weighted by molar-refractivity contribution is 5.34. The summed E-state index contributed by atoms with van der Waals surface area (Å²) in [4.78, 5) is 0. The molecule has 2 nitrogen and oxygen atoms in total. The summed E-state index contributed by atoms with van der Waals surface area (Å²) >= 11 is 0. The molecule has 0 bridgehead atoms. The Morgan fingerprint density at radius 2 is 1.42 bits per heavy atom. The van der Waals surface area contributed by atoms with Crippen molar-refractivity contribution in [2.45, 2.75) is 6.42 Å². The summed E-state index contributed by atoms with van der Waals surface area (Å²) in [5.41, 5.74) is 2.52. The van der Waals surface area contributed by atoms with Crippen LogP contribution >= 0.6 is 0 Å². The molecule has 98 valence electrons. The molecule has 0 atom stereocenters. The lowest BCUT2D eigenvalue weighted by Gasteiger charge is -2.06. The quantitative estimate of drug-likeness (QED) is 0.729. The van der Waals surface area contributed by atoms with Gasteiger partial charge in [0, 0.05) is 0 Å². The first kappa shape index (κ1) is 13.2. The zero-order valence-corrected chi connectivity index (χ0v) is 11.1. The van der Waals surface area contributed by atoms with E-state index in [2.05, 4.69) is 30.8 Å². The van der Waals surface area contributed by atoms with E-state index in [0.717, 1.165) is 17.9 Å². The highest BCUT2D eigenvalue weighted by atomic mass is 16.5. The standard InChI is InChI=1S/C17H18O2/c1-3-12-19-17-10-6-15(7-11-17)13-14-4-8-16(18-2)9-5-14/h3-11H,1,12-13H2,2H3. The van der Waals surface area contributed by atoms with Gasteiger partial charge in [0.25, 0.3) is 0 Å². The normalized spacial score (nSPS) is 9.95. The molecule has 2 rings (SSSR count). The Balaban J connectivity index is 1.99. The molecule has 2 aromatic carbocycles. The minimum atomic E-state index is 0.540. The largest absolute Gasteiger partial charge is 0.497 e. The summed E-state index contributed by atoms with van der Waals surface area (Å²) in [6.45, 7) is 4.17. The summed E-state index contributed by atoms with van der Waals surface area (Å²) < 4.78 is 10.6. The van der Waals surface area contributed by atoms with Crippen molar-refractivity contribution < 1.29 is 9.47 Å². The molecule has 0 spiro atoms. The molecular weight excluding hydrogens is 236 g/mol. The van der Waals surface area contributed by atoms with Crippen LogP contribution in [0.2, 0.25) is 0 Å². The van der Waals surface area contributed by atoms with Crippen LogP contribution in [0.5, 0.6) is 11.5 Å². The fraction of sp³-hybridized carbons (Fsp3) is 0.176. The van der Waals surface area contributed by atoms with Gasteiger partial charge in [-0.05, 0) is 41.8 Å². The lowest BCUT2D eigenvalue weighted by atomic mass is 10.0. The molecule has 0 aliphatic rings. The van der Waals surface area contributed by atoms with Crippen molar-refractivity contribution in [3.05, 3.63) is 72.3 Å². The van der Waals surface area contributed by atoms with Crippen LogP contribution in [-0.4, -0.2) is 13.7 Å². The first-order chi connectivity index (χ1) is 9.31. The van der Waals surface area contributed by atoms with Crippen LogP contribution in [0.4, 0.5) is 0 Å². The molecule has 0 saturated carbocycles. The lowest BCUT2D eigenvalue weighted by molar-refractivity contribution is 0.363. The van der Waals surface area contributed by atoms with E-state index in [1.165, 1.54) is 11.1 Å². The summed E-state index contributed by atoms with van der Waals surface area (Å²) in [5, 5.41) is 0. The van der Waals surface area contributed by atoms with Crippen molar-refractivity contribution in [3.8, 4) is 11.5 Å². The Morgan fingerprint density at radius 3 is 1.89 bits per heavy atom. The molecule has 0 aliphatic heterocycles. The Kier molecular flexibility index (Phi) is 4.62. The third kappa shape index (κ3) is 3.88. The number of hydrogen-bond donors (Lipinski definition) is 0. The van der Waals surface area contributed by atoms with Crippen molar-refractivity contribution in [2.75, 3.05) is 13.7 Å². The van der Waals surface area contributed by atoms with Crippen molar-refractivity contribution in [1.82, 2.24) is 0 Å². The van der Waals surface area contributed by atoms with E-state index in [9.17, 15) is 0 Å². The van der Waals surface area contributed by atoms with E-state index in [-0.39, 0.29) is 0 Å². The molecule has 0 saturated heterocycles. The zero-order valence-electron chi connectivity index (χ0n) is 11.1. The molecule has 0 radical (unpaired) electrons. The number of methoxy groups -OCH3 is 1. The molecule has 0 heterocycles. The van der Waals surface area contributed by atoms with Crippen LogP contribution in [0.1, 0.15) is 11.1 Å². The molecule has 2 aromatic rings. The molecule has 0 aliphatic carbocycles. The van der Waals surface area contributed by atoms with Gasteiger partial charge >= 0.3 is 0 Å². The molecule has 0 aromatic heterocycles. The van der Waals surface area contributed by atoms with Gasteiger partial charge in [-0.3, -0.25) is 0 Å². The van der Waals surface area contributed by atoms with Gasteiger partial charge < -0.3 is 9.47 Å². The minimum Gasteiger partial charge on any atom is -0.497 e. The summed E-state index contributed by atoms with van der Waals surface area (Å²) in [6.07, 6.45) is 2.65. The van der Waals surface area contributed by atoms with Gasteiger partial charge in [0.2, 0.25) is 0 Å². The molecule has 0 unspecified atom stereocenters. The van der Waals surface area contributed by atoms with E-state index in [4.69, 9.17) is 9.47 Å². The van der Waals surface area contributed by atoms with Crippen LogP contribution in [0.25, 0.3) is 0 Å². The maximum absolute atomic E-state index is 5.46. The number of ether oxygens (including phenoxy) is 2. The third-order valence-corrected chi connectivity index (χ3v) is 2.86. The fourth-order valence-electron chi connectivity index (χ4n) is 1.84. The predicted molar refractivity (Wildman–Crippen MR) is 77.9 cm³/mol. The first-order valence-corrected chi connectivity index (χ1v) is 6.27. The third-order valence-electron chi connectivity index (χ3n) is 2.86. The average Bonchev–Trinajstić information content (AvgIpc) is 2.47. The van der Waals surface area contributed by atoms with Crippen LogP contribution in [0.3, 0.4) is 0 Å². The van der Waals surface area contributed by atoms with Crippen molar-refractivity contribution in [2.24, 2.45) is 0 Å². The second-order valence-electron chi connectivity index (χ2n) is 4.27. The molecule has 2 heteroatoms. The zero-order chi connectivity index (χ0) is 13.5. The molecule has 19 heavy (non-hydrogen) atoms. The molecule has 0 N–H and O–H groups in total. The van der Waals surface area contributed by atoms with Gasteiger partial charge in [0.15, 0.2) is 0 Å². The van der Waals surface area contributed by atoms with Crippen molar-refractivity contribution in [3.63, 3.8) is 0 Å². The van der Waals surface area contributed by atoms with E-state index >= 15 is 0 Å². The first-order valence-electron chi connectivity index (χ1n) is 6.27. The topological polar surface area (TPSA) is 18.5 Å². The number of rotatable bonds is 6. The van der Waals surface area contributed by atoms with Crippen LogP contribution in [-0.2, 0) is 6.42 Å². The number of benzene rings is 2. The van der Waals surface area contributed by atoms with Gasteiger partial charge in [0.1, 0.15) is 18.1 Å². The van der Waals surface area contributed by atoms with E-state index in [1.807, 2.05) is 24.3 Å². The highest BCUT2D eigenvalue weighted by Crippen LogP contribution is 2.17. The smallest absolute Gasteiger partial charge is 0.119 e. The lowest BCUT2D eigenvalue weighted by Crippen LogP contribution is -1.93. The van der Waals surface area contributed by atoms with Gasteiger partial charge in [-0.15, -0.1) is 0 Å². The summed E-state index contributed by atoms with van der Waals surface area (Å²) in [6, 6.07) is 16.3. The van der Waals surface area contributed by atoms with Gasteiger partial charge in [0.05, 0.1) is 7.11 Å². The van der Waals surface area contributed by atoms with Crippen LogP contribution in [0.15, 0.2) is 61.2 Å². The monoisotopic (exact) mass is 254 g/mol. The van der Waals surface area contributed by atoms with Crippen molar-refractivity contribution >= 4 is 0 Å². The average molecular weight is 254 g/mol. The number of hydrogen-bond acceptors (Lipinski definition) is 2. The summed E-state index contributed by atoms with van der Waals surface area (Å²) in [7, 11) is 1.68. The Hall–Kier alpha value is -2.22.